The number of fused-ring (bicyclic) bond motifs is 1. The summed E-state index contributed by atoms with van der Waals surface area (Å²) in [5, 5.41) is 0. The van der Waals surface area contributed by atoms with Gasteiger partial charge in [-0.05, 0) is 18.2 Å². The number of benzene rings is 1. The number of aldehydes is 1. The second-order valence-corrected chi connectivity index (χ2v) is 5.19. The normalized spacial score (nSPS) is 14.3. The van der Waals surface area contributed by atoms with Gasteiger partial charge in [-0.1, -0.05) is 0 Å². The van der Waals surface area contributed by atoms with E-state index in [1.807, 2.05) is 0 Å². The molecule has 0 aliphatic carbocycles. The maximum Gasteiger partial charge on any atom is 0.306 e. The van der Waals surface area contributed by atoms with E-state index in [1.165, 1.54) is 12.1 Å². The first-order valence-electron chi connectivity index (χ1n) is 4.80. The molecule has 0 amide bonds. The number of rotatable bonds is 3. The zero-order valence-electron chi connectivity index (χ0n) is 9.04. The van der Waals surface area contributed by atoms with Gasteiger partial charge in [0, 0.05) is 17.2 Å². The lowest BCUT2D eigenvalue weighted by Gasteiger charge is -2.15. The summed E-state index contributed by atoms with van der Waals surface area (Å²) in [6.45, 7) is 0.179. The molecule has 0 atom stereocenters. The maximum atomic E-state index is 10.9. The molecule has 1 aliphatic rings. The van der Waals surface area contributed by atoms with Crippen molar-refractivity contribution in [3.05, 3.63) is 29.3 Å². The molecular formula is C11H10O5S. The van der Waals surface area contributed by atoms with E-state index in [0.29, 0.717) is 11.3 Å². The van der Waals surface area contributed by atoms with Crippen molar-refractivity contribution in [1.82, 2.24) is 0 Å². The molecule has 6 heteroatoms. The number of ether oxygens (including phenoxy) is 1. The molecule has 0 saturated carbocycles. The van der Waals surface area contributed by atoms with Crippen LogP contribution in [0.25, 0.3) is 6.08 Å². The Morgan fingerprint density at radius 2 is 2.18 bits per heavy atom. The van der Waals surface area contributed by atoms with Crippen LogP contribution in [0, 0.1) is 0 Å². The molecule has 0 unspecified atom stereocenters. The highest BCUT2D eigenvalue weighted by Gasteiger charge is 2.13. The van der Waals surface area contributed by atoms with Crippen molar-refractivity contribution < 1.29 is 22.1 Å². The van der Waals surface area contributed by atoms with Crippen LogP contribution in [0.5, 0.6) is 11.5 Å². The number of carbonyl (C=O) groups excluding carboxylic acids is 1. The van der Waals surface area contributed by atoms with E-state index in [1.54, 1.807) is 12.1 Å². The molecular weight excluding hydrogens is 244 g/mol. The lowest BCUT2D eigenvalue weighted by Crippen LogP contribution is -2.09. The second-order valence-electron chi connectivity index (χ2n) is 3.61. The van der Waals surface area contributed by atoms with Crippen LogP contribution in [-0.2, 0) is 14.9 Å². The van der Waals surface area contributed by atoms with Gasteiger partial charge >= 0.3 is 10.1 Å². The number of carbonyl (C=O) groups is 1. The fourth-order valence-electron chi connectivity index (χ4n) is 1.46. The zero-order chi connectivity index (χ0) is 12.5. The van der Waals surface area contributed by atoms with E-state index < -0.39 is 10.1 Å². The van der Waals surface area contributed by atoms with E-state index in [0.717, 1.165) is 18.1 Å². The van der Waals surface area contributed by atoms with Gasteiger partial charge in [-0.25, -0.2) is 0 Å². The minimum absolute atomic E-state index is 0.179. The van der Waals surface area contributed by atoms with Gasteiger partial charge in [0.05, 0.1) is 6.26 Å². The van der Waals surface area contributed by atoms with Crippen LogP contribution < -0.4 is 8.92 Å². The molecule has 0 saturated heterocycles. The van der Waals surface area contributed by atoms with Crippen molar-refractivity contribution in [3.8, 4) is 11.5 Å². The van der Waals surface area contributed by atoms with Gasteiger partial charge in [0.25, 0.3) is 0 Å². The first kappa shape index (κ1) is 11.7. The van der Waals surface area contributed by atoms with Gasteiger partial charge in [-0.2, -0.15) is 8.42 Å². The van der Waals surface area contributed by atoms with Gasteiger partial charge in [-0.3, -0.25) is 4.79 Å². The summed E-state index contributed by atoms with van der Waals surface area (Å²) in [4.78, 5) is 10.6. The van der Waals surface area contributed by atoms with Crippen molar-refractivity contribution in [2.45, 2.75) is 0 Å². The minimum Gasteiger partial charge on any atom is -0.488 e. The fourth-order valence-corrected chi connectivity index (χ4v) is 1.91. The Kier molecular flexibility index (Phi) is 2.89. The molecule has 2 rings (SSSR count). The summed E-state index contributed by atoms with van der Waals surface area (Å²) >= 11 is 0. The first-order valence-corrected chi connectivity index (χ1v) is 6.61. The van der Waals surface area contributed by atoms with Crippen LogP contribution >= 0.6 is 0 Å². The Balaban J connectivity index is 2.34. The SMILES string of the molecule is CS(=O)(=O)Oc1ccc2c(c1)OCC(C=O)=C2. The molecule has 5 nitrogen and oxygen atoms in total. The topological polar surface area (TPSA) is 69.7 Å². The highest BCUT2D eigenvalue weighted by Crippen LogP contribution is 2.30. The molecule has 0 N–H and O–H groups in total. The minimum atomic E-state index is -3.55. The molecule has 0 spiro atoms. The largest absolute Gasteiger partial charge is 0.488 e. The van der Waals surface area contributed by atoms with Crippen LogP contribution in [0.2, 0.25) is 0 Å². The first-order chi connectivity index (χ1) is 7.98. The van der Waals surface area contributed by atoms with Gasteiger partial charge in [-0.15, -0.1) is 0 Å². The van der Waals surface area contributed by atoms with Crippen molar-refractivity contribution in [2.24, 2.45) is 0 Å². The van der Waals surface area contributed by atoms with Crippen molar-refractivity contribution in [1.29, 1.82) is 0 Å². The Morgan fingerprint density at radius 1 is 1.41 bits per heavy atom. The molecule has 17 heavy (non-hydrogen) atoms. The Labute approximate surface area is 98.8 Å². The van der Waals surface area contributed by atoms with Crippen LogP contribution in [-0.4, -0.2) is 27.6 Å². The smallest absolute Gasteiger partial charge is 0.306 e. The number of hydrogen-bond acceptors (Lipinski definition) is 5. The summed E-state index contributed by atoms with van der Waals surface area (Å²) in [6.07, 6.45) is 3.39. The van der Waals surface area contributed by atoms with E-state index >= 15 is 0 Å². The van der Waals surface area contributed by atoms with E-state index in [9.17, 15) is 13.2 Å². The zero-order valence-corrected chi connectivity index (χ0v) is 9.86. The predicted molar refractivity (Wildman–Crippen MR) is 61.4 cm³/mol. The van der Waals surface area contributed by atoms with E-state index in [2.05, 4.69) is 0 Å². The molecule has 1 aliphatic heterocycles. The van der Waals surface area contributed by atoms with Gasteiger partial charge in [0.2, 0.25) is 0 Å². The monoisotopic (exact) mass is 254 g/mol. The molecule has 0 fully saturated rings. The fraction of sp³-hybridized carbons (Fsp3) is 0.182. The Hall–Kier alpha value is -1.82. The van der Waals surface area contributed by atoms with Gasteiger partial charge in [0.1, 0.15) is 24.4 Å². The molecule has 0 radical (unpaired) electrons. The summed E-state index contributed by atoms with van der Waals surface area (Å²) in [7, 11) is -3.55. The van der Waals surface area contributed by atoms with Gasteiger partial charge in [0.15, 0.2) is 0 Å². The highest BCUT2D eigenvalue weighted by atomic mass is 32.2. The summed E-state index contributed by atoms with van der Waals surface area (Å²) in [6, 6.07) is 4.63. The average Bonchev–Trinajstić information content (AvgIpc) is 2.26. The molecule has 90 valence electrons. The standard InChI is InChI=1S/C11H10O5S/c1-17(13,14)16-10-3-2-9-4-8(6-12)7-15-11(9)5-10/h2-6H,7H2,1H3. The third kappa shape index (κ3) is 2.85. The summed E-state index contributed by atoms with van der Waals surface area (Å²) in [5.74, 6) is 0.686. The Morgan fingerprint density at radius 3 is 2.82 bits per heavy atom. The van der Waals surface area contributed by atoms with Crippen molar-refractivity contribution >= 4 is 22.5 Å². The third-order valence-corrected chi connectivity index (χ3v) is 2.61. The van der Waals surface area contributed by atoms with Crippen molar-refractivity contribution in [2.75, 3.05) is 12.9 Å². The van der Waals surface area contributed by atoms with E-state index in [4.69, 9.17) is 8.92 Å². The van der Waals surface area contributed by atoms with Crippen LogP contribution in [0.3, 0.4) is 0 Å². The third-order valence-electron chi connectivity index (χ3n) is 2.12. The lowest BCUT2D eigenvalue weighted by atomic mass is 10.1. The summed E-state index contributed by atoms with van der Waals surface area (Å²) in [5.41, 5.74) is 1.26. The molecule has 0 aromatic heterocycles. The van der Waals surface area contributed by atoms with Crippen LogP contribution in [0.4, 0.5) is 0 Å². The highest BCUT2D eigenvalue weighted by molar-refractivity contribution is 7.86. The predicted octanol–water partition coefficient (Wildman–Crippen LogP) is 1.000. The van der Waals surface area contributed by atoms with Crippen LogP contribution in [0.15, 0.2) is 23.8 Å². The molecule has 1 aromatic carbocycles. The summed E-state index contributed by atoms with van der Waals surface area (Å²) < 4.78 is 31.9. The molecule has 1 heterocycles. The Bertz CT molecular complexity index is 586. The maximum absolute atomic E-state index is 10.9. The average molecular weight is 254 g/mol. The van der Waals surface area contributed by atoms with E-state index in [-0.39, 0.29) is 12.4 Å². The quantitative estimate of drug-likeness (QED) is 0.594. The second kappa shape index (κ2) is 4.21. The lowest BCUT2D eigenvalue weighted by molar-refractivity contribution is -0.105. The number of hydrogen-bond donors (Lipinski definition) is 0. The molecule has 1 aromatic rings. The van der Waals surface area contributed by atoms with Crippen molar-refractivity contribution in [3.63, 3.8) is 0 Å². The van der Waals surface area contributed by atoms with Crippen LogP contribution in [0.1, 0.15) is 5.56 Å². The molecule has 0 bridgehead atoms. The van der Waals surface area contributed by atoms with Gasteiger partial charge < -0.3 is 8.92 Å².